The van der Waals surface area contributed by atoms with Gasteiger partial charge in [0.2, 0.25) is 0 Å². The van der Waals surface area contributed by atoms with Crippen molar-refractivity contribution in [2.24, 2.45) is 0 Å². The van der Waals surface area contributed by atoms with Crippen molar-refractivity contribution in [3.63, 3.8) is 0 Å². The van der Waals surface area contributed by atoms with Crippen LogP contribution >= 0.6 is 0 Å². The molecule has 0 unspecified atom stereocenters. The highest BCUT2D eigenvalue weighted by molar-refractivity contribution is 5.94. The molecule has 106 valence electrons. The molecular weight excluding hydrogens is 242 g/mol. The smallest absolute Gasteiger partial charge is 0.339 e. The number of aromatic carboxylic acids is 1. The molecule has 0 fully saturated rings. The van der Waals surface area contributed by atoms with E-state index in [0.717, 1.165) is 31.6 Å². The van der Waals surface area contributed by atoms with Crippen molar-refractivity contribution in [2.45, 2.75) is 20.3 Å². The second-order valence-corrected chi connectivity index (χ2v) is 4.87. The van der Waals surface area contributed by atoms with Gasteiger partial charge in [0.15, 0.2) is 0 Å². The molecule has 0 aliphatic heterocycles. The Kier molecular flexibility index (Phi) is 5.76. The second kappa shape index (κ2) is 7.09. The predicted octanol–water partition coefficient (Wildman–Crippen LogP) is 1.87. The van der Waals surface area contributed by atoms with Gasteiger partial charge >= 0.3 is 5.97 Å². The average Bonchev–Trinajstić information content (AvgIpc) is 2.33. The van der Waals surface area contributed by atoms with Crippen LogP contribution in [-0.2, 0) is 0 Å². The fourth-order valence-corrected chi connectivity index (χ4v) is 2.04. The maximum atomic E-state index is 11.4. The topological polar surface area (TPSA) is 56.7 Å². The number of anilines is 1. The summed E-state index contributed by atoms with van der Waals surface area (Å²) in [6, 6.07) is 1.74. The molecule has 0 aliphatic rings. The van der Waals surface area contributed by atoms with Gasteiger partial charge in [-0.1, -0.05) is 0 Å². The normalized spacial score (nSPS) is 10.8. The molecule has 19 heavy (non-hydrogen) atoms. The summed E-state index contributed by atoms with van der Waals surface area (Å²) in [4.78, 5) is 19.8. The first-order valence-corrected chi connectivity index (χ1v) is 6.56. The molecule has 0 saturated heterocycles. The molecule has 0 bridgehead atoms. The summed E-state index contributed by atoms with van der Waals surface area (Å²) in [5.74, 6) is -0.333. The number of rotatable bonds is 7. The summed E-state index contributed by atoms with van der Waals surface area (Å²) in [7, 11) is 4.06. The number of carboxylic acids is 1. The first-order chi connectivity index (χ1) is 8.97. The number of carboxylic acid groups (broad SMARTS) is 1. The van der Waals surface area contributed by atoms with Gasteiger partial charge in [0.25, 0.3) is 0 Å². The van der Waals surface area contributed by atoms with Crippen LogP contribution in [0.4, 0.5) is 5.82 Å². The number of pyridine rings is 1. The van der Waals surface area contributed by atoms with E-state index in [1.165, 1.54) is 0 Å². The Labute approximate surface area is 114 Å². The van der Waals surface area contributed by atoms with Crippen LogP contribution in [0.25, 0.3) is 0 Å². The lowest BCUT2D eigenvalue weighted by molar-refractivity contribution is 0.0696. The minimum absolute atomic E-state index is 0.314. The molecule has 0 spiro atoms. The van der Waals surface area contributed by atoms with Crippen molar-refractivity contribution in [1.82, 2.24) is 9.88 Å². The molecule has 5 heteroatoms. The minimum atomic E-state index is -0.911. The Morgan fingerprint density at radius 3 is 2.58 bits per heavy atom. The number of hydrogen-bond donors (Lipinski definition) is 1. The molecule has 1 rings (SSSR count). The number of aryl methyl sites for hydroxylation is 1. The molecule has 0 aliphatic carbocycles. The van der Waals surface area contributed by atoms with E-state index < -0.39 is 5.97 Å². The highest BCUT2D eigenvalue weighted by Crippen LogP contribution is 2.21. The molecule has 1 N–H and O–H groups in total. The molecule has 1 aromatic heterocycles. The fourth-order valence-electron chi connectivity index (χ4n) is 2.04. The molecule has 0 saturated carbocycles. The second-order valence-electron chi connectivity index (χ2n) is 4.87. The lowest BCUT2D eigenvalue weighted by Gasteiger charge is -2.24. The van der Waals surface area contributed by atoms with Crippen LogP contribution < -0.4 is 4.90 Å². The van der Waals surface area contributed by atoms with Gasteiger partial charge in [0, 0.05) is 19.3 Å². The van der Waals surface area contributed by atoms with E-state index in [1.807, 2.05) is 32.8 Å². The van der Waals surface area contributed by atoms with Crippen molar-refractivity contribution >= 4 is 11.8 Å². The molecule has 0 atom stereocenters. The predicted molar refractivity (Wildman–Crippen MR) is 77.0 cm³/mol. The van der Waals surface area contributed by atoms with Gasteiger partial charge in [0.05, 0.1) is 0 Å². The van der Waals surface area contributed by atoms with Crippen LogP contribution in [0.5, 0.6) is 0 Å². The van der Waals surface area contributed by atoms with E-state index in [0.29, 0.717) is 11.4 Å². The summed E-state index contributed by atoms with van der Waals surface area (Å²) in [5, 5.41) is 9.33. The first kappa shape index (κ1) is 15.4. The van der Waals surface area contributed by atoms with E-state index in [-0.39, 0.29) is 0 Å². The molecule has 5 nitrogen and oxygen atoms in total. The molecular formula is C14H23N3O2. The minimum Gasteiger partial charge on any atom is -0.478 e. The van der Waals surface area contributed by atoms with Crippen LogP contribution in [-0.4, -0.2) is 54.7 Å². The molecule has 1 aromatic rings. The third-order valence-corrected chi connectivity index (χ3v) is 3.07. The Bertz CT molecular complexity index is 433. The molecule has 0 amide bonds. The Morgan fingerprint density at radius 1 is 1.37 bits per heavy atom. The maximum Gasteiger partial charge on any atom is 0.339 e. The van der Waals surface area contributed by atoms with Gasteiger partial charge in [0.1, 0.15) is 11.4 Å². The van der Waals surface area contributed by atoms with Crippen LogP contribution in [0.2, 0.25) is 0 Å². The van der Waals surface area contributed by atoms with Gasteiger partial charge in [-0.2, -0.15) is 0 Å². The lowest BCUT2D eigenvalue weighted by Crippen LogP contribution is -2.29. The lowest BCUT2D eigenvalue weighted by atomic mass is 10.1. The summed E-state index contributed by atoms with van der Waals surface area (Å²) >= 11 is 0. The van der Waals surface area contributed by atoms with Crippen molar-refractivity contribution in [3.05, 3.63) is 23.4 Å². The largest absolute Gasteiger partial charge is 0.478 e. The third-order valence-electron chi connectivity index (χ3n) is 3.07. The zero-order chi connectivity index (χ0) is 14.4. The summed E-state index contributed by atoms with van der Waals surface area (Å²) in [6.45, 7) is 6.37. The van der Waals surface area contributed by atoms with Crippen molar-refractivity contribution in [1.29, 1.82) is 0 Å². The summed E-state index contributed by atoms with van der Waals surface area (Å²) < 4.78 is 0. The van der Waals surface area contributed by atoms with Crippen LogP contribution in [0.3, 0.4) is 0 Å². The average molecular weight is 265 g/mol. The number of carbonyl (C=O) groups is 1. The summed E-state index contributed by atoms with van der Waals surface area (Å²) in [6.07, 6.45) is 2.65. The fraction of sp³-hybridized carbons (Fsp3) is 0.571. The van der Waals surface area contributed by atoms with E-state index in [9.17, 15) is 9.90 Å². The van der Waals surface area contributed by atoms with Crippen LogP contribution in [0.1, 0.15) is 29.3 Å². The quantitative estimate of drug-likeness (QED) is 0.815. The monoisotopic (exact) mass is 265 g/mol. The number of nitrogens with zero attached hydrogens (tertiary/aromatic N) is 3. The Balaban J connectivity index is 2.92. The van der Waals surface area contributed by atoms with E-state index in [1.54, 1.807) is 12.3 Å². The van der Waals surface area contributed by atoms with Gasteiger partial charge in [-0.15, -0.1) is 0 Å². The van der Waals surface area contributed by atoms with E-state index >= 15 is 0 Å². The van der Waals surface area contributed by atoms with Gasteiger partial charge < -0.3 is 14.9 Å². The highest BCUT2D eigenvalue weighted by Gasteiger charge is 2.18. The number of hydrogen-bond acceptors (Lipinski definition) is 4. The van der Waals surface area contributed by atoms with Crippen LogP contribution in [0.15, 0.2) is 12.3 Å². The summed E-state index contributed by atoms with van der Waals surface area (Å²) in [5.41, 5.74) is 1.07. The zero-order valence-electron chi connectivity index (χ0n) is 12.2. The molecule has 1 heterocycles. The van der Waals surface area contributed by atoms with Gasteiger partial charge in [-0.25, -0.2) is 9.78 Å². The third kappa shape index (κ3) is 4.21. The zero-order valence-corrected chi connectivity index (χ0v) is 12.2. The maximum absolute atomic E-state index is 11.4. The molecule has 0 aromatic carbocycles. The van der Waals surface area contributed by atoms with Crippen LogP contribution in [0, 0.1) is 6.92 Å². The van der Waals surface area contributed by atoms with E-state index in [4.69, 9.17) is 0 Å². The van der Waals surface area contributed by atoms with E-state index in [2.05, 4.69) is 9.88 Å². The van der Waals surface area contributed by atoms with Crippen molar-refractivity contribution in [3.8, 4) is 0 Å². The van der Waals surface area contributed by atoms with Gasteiger partial charge in [-0.05, 0) is 52.5 Å². The Hall–Kier alpha value is -1.62. The standard InChI is InChI=1S/C14H23N3O2/c1-5-17(10-6-9-16(3)4)13-12(14(18)19)11(2)7-8-15-13/h7-8H,5-6,9-10H2,1-4H3,(H,18,19). The Morgan fingerprint density at radius 2 is 2.05 bits per heavy atom. The highest BCUT2D eigenvalue weighted by atomic mass is 16.4. The van der Waals surface area contributed by atoms with Crippen molar-refractivity contribution in [2.75, 3.05) is 38.6 Å². The number of aromatic nitrogens is 1. The van der Waals surface area contributed by atoms with Gasteiger partial charge in [-0.3, -0.25) is 0 Å². The SMILES string of the molecule is CCN(CCCN(C)C)c1nccc(C)c1C(=O)O. The molecule has 0 radical (unpaired) electrons. The van der Waals surface area contributed by atoms with Crippen molar-refractivity contribution < 1.29 is 9.90 Å². The first-order valence-electron chi connectivity index (χ1n) is 6.56.